The fourth-order valence-electron chi connectivity index (χ4n) is 2.43. The smallest absolute Gasteiger partial charge is 0.219 e. The average Bonchev–Trinajstić information content (AvgIpc) is 2.30. The molecule has 1 fully saturated rings. The van der Waals surface area contributed by atoms with Crippen molar-refractivity contribution in [1.82, 2.24) is 4.90 Å². The van der Waals surface area contributed by atoms with Crippen LogP contribution in [-0.2, 0) is 4.79 Å². The molecule has 1 saturated heterocycles. The van der Waals surface area contributed by atoms with E-state index < -0.39 is 0 Å². The summed E-state index contributed by atoms with van der Waals surface area (Å²) in [6, 6.07) is 8.21. The van der Waals surface area contributed by atoms with Crippen LogP contribution in [-0.4, -0.2) is 29.9 Å². The predicted molar refractivity (Wildman–Crippen MR) is 71.7 cm³/mol. The van der Waals surface area contributed by atoms with Crippen molar-refractivity contribution >= 4 is 21.8 Å². The van der Waals surface area contributed by atoms with Crippen molar-refractivity contribution in [2.45, 2.75) is 25.3 Å². The van der Waals surface area contributed by atoms with Crippen LogP contribution >= 0.6 is 15.9 Å². The molecule has 1 aliphatic rings. The molecule has 2 atom stereocenters. The summed E-state index contributed by atoms with van der Waals surface area (Å²) in [5.74, 6) is 0.451. The zero-order valence-corrected chi connectivity index (χ0v) is 11.5. The van der Waals surface area contributed by atoms with Gasteiger partial charge in [0.1, 0.15) is 0 Å². The largest absolute Gasteiger partial charge is 0.341 e. The maximum absolute atomic E-state index is 11.3. The molecule has 0 aromatic heterocycles. The van der Waals surface area contributed by atoms with Gasteiger partial charge in [-0.1, -0.05) is 34.1 Å². The van der Waals surface area contributed by atoms with Crippen LogP contribution in [0.5, 0.6) is 0 Å². The van der Waals surface area contributed by atoms with Gasteiger partial charge >= 0.3 is 0 Å². The molecule has 0 bridgehead atoms. The molecule has 2 N–H and O–H groups in total. The number of piperidine rings is 1. The SMILES string of the molecule is CC(=O)N1CCC(c2ccccc2Br)C(N)C1. The van der Waals surface area contributed by atoms with Gasteiger partial charge < -0.3 is 10.6 Å². The standard InChI is InChI=1S/C13H17BrN2O/c1-9(17)16-7-6-11(13(15)8-16)10-4-2-3-5-12(10)14/h2-5,11,13H,6-8,15H2,1H3. The van der Waals surface area contributed by atoms with Crippen LogP contribution in [0.4, 0.5) is 0 Å². The molecule has 1 heterocycles. The first-order chi connectivity index (χ1) is 8.09. The molecule has 0 radical (unpaired) electrons. The topological polar surface area (TPSA) is 46.3 Å². The summed E-state index contributed by atoms with van der Waals surface area (Å²) in [5, 5.41) is 0. The lowest BCUT2D eigenvalue weighted by atomic mass is 9.86. The Kier molecular flexibility index (Phi) is 3.84. The Morgan fingerprint density at radius 2 is 2.18 bits per heavy atom. The molecular formula is C13H17BrN2O. The Morgan fingerprint density at radius 1 is 1.47 bits per heavy atom. The van der Waals surface area contributed by atoms with Crippen molar-refractivity contribution in [3.05, 3.63) is 34.3 Å². The van der Waals surface area contributed by atoms with Gasteiger partial charge in [0.2, 0.25) is 5.91 Å². The number of nitrogens with two attached hydrogens (primary N) is 1. The molecule has 4 heteroatoms. The Hall–Kier alpha value is -0.870. The minimum atomic E-state index is 0.0198. The second-order valence-electron chi connectivity index (χ2n) is 4.55. The van der Waals surface area contributed by atoms with Crippen LogP contribution in [0, 0.1) is 0 Å². The van der Waals surface area contributed by atoms with Crippen LogP contribution < -0.4 is 5.73 Å². The van der Waals surface area contributed by atoms with Gasteiger partial charge in [-0.2, -0.15) is 0 Å². The highest BCUT2D eigenvalue weighted by atomic mass is 79.9. The summed E-state index contributed by atoms with van der Waals surface area (Å²) < 4.78 is 1.11. The number of halogens is 1. The molecule has 2 rings (SSSR count). The number of carbonyl (C=O) groups excluding carboxylic acids is 1. The number of rotatable bonds is 1. The second kappa shape index (κ2) is 5.19. The van der Waals surface area contributed by atoms with Crippen LogP contribution in [0.2, 0.25) is 0 Å². The van der Waals surface area contributed by atoms with Gasteiger partial charge in [-0.15, -0.1) is 0 Å². The molecule has 2 unspecified atom stereocenters. The summed E-state index contributed by atoms with van der Waals surface area (Å²) in [4.78, 5) is 13.1. The van der Waals surface area contributed by atoms with Crippen LogP contribution in [0.15, 0.2) is 28.7 Å². The molecular weight excluding hydrogens is 280 g/mol. The average molecular weight is 297 g/mol. The van der Waals surface area contributed by atoms with Crippen molar-refractivity contribution in [3.63, 3.8) is 0 Å². The van der Waals surface area contributed by atoms with Gasteiger partial charge in [0.15, 0.2) is 0 Å². The summed E-state index contributed by atoms with van der Waals surface area (Å²) in [7, 11) is 0. The van der Waals surface area contributed by atoms with E-state index in [0.29, 0.717) is 12.5 Å². The molecule has 3 nitrogen and oxygen atoms in total. The van der Waals surface area contributed by atoms with E-state index in [2.05, 4.69) is 22.0 Å². The molecule has 0 saturated carbocycles. The summed E-state index contributed by atoms with van der Waals surface area (Å²) >= 11 is 3.57. The second-order valence-corrected chi connectivity index (χ2v) is 5.40. The van der Waals surface area contributed by atoms with Crippen LogP contribution in [0.25, 0.3) is 0 Å². The van der Waals surface area contributed by atoms with Gasteiger partial charge in [0, 0.05) is 36.4 Å². The monoisotopic (exact) mass is 296 g/mol. The number of benzene rings is 1. The molecule has 1 amide bonds. The van der Waals surface area contributed by atoms with E-state index in [4.69, 9.17) is 5.73 Å². The Labute approximate surface area is 110 Å². The summed E-state index contributed by atoms with van der Waals surface area (Å²) in [6.07, 6.45) is 0.934. The zero-order chi connectivity index (χ0) is 12.4. The third-order valence-electron chi connectivity index (χ3n) is 3.41. The molecule has 1 aromatic carbocycles. The predicted octanol–water partition coefficient (Wildman–Crippen LogP) is 2.11. The highest BCUT2D eigenvalue weighted by Crippen LogP contribution is 2.32. The molecule has 1 aromatic rings. The van der Waals surface area contributed by atoms with E-state index in [-0.39, 0.29) is 11.9 Å². The highest BCUT2D eigenvalue weighted by Gasteiger charge is 2.29. The minimum absolute atomic E-state index is 0.0198. The van der Waals surface area contributed by atoms with E-state index >= 15 is 0 Å². The van der Waals surface area contributed by atoms with Gasteiger partial charge in [-0.25, -0.2) is 0 Å². The van der Waals surface area contributed by atoms with Gasteiger partial charge in [0.05, 0.1) is 0 Å². The van der Waals surface area contributed by atoms with Gasteiger partial charge in [-0.3, -0.25) is 4.79 Å². The van der Waals surface area contributed by atoms with Crippen molar-refractivity contribution in [2.24, 2.45) is 5.73 Å². The van der Waals surface area contributed by atoms with Crippen LogP contribution in [0.1, 0.15) is 24.8 Å². The molecule has 0 spiro atoms. The minimum Gasteiger partial charge on any atom is -0.341 e. The first-order valence-corrected chi connectivity index (χ1v) is 6.64. The third-order valence-corrected chi connectivity index (χ3v) is 4.13. The maximum Gasteiger partial charge on any atom is 0.219 e. The van der Waals surface area contributed by atoms with Gasteiger partial charge in [0.25, 0.3) is 0 Å². The van der Waals surface area contributed by atoms with Crippen molar-refractivity contribution < 1.29 is 4.79 Å². The number of carbonyl (C=O) groups is 1. The fourth-order valence-corrected chi connectivity index (χ4v) is 3.01. The maximum atomic E-state index is 11.3. The summed E-state index contributed by atoms with van der Waals surface area (Å²) in [5.41, 5.74) is 7.45. The molecule has 17 heavy (non-hydrogen) atoms. The van der Waals surface area contributed by atoms with E-state index in [1.54, 1.807) is 6.92 Å². The lowest BCUT2D eigenvalue weighted by molar-refractivity contribution is -0.130. The van der Waals surface area contributed by atoms with E-state index in [1.165, 1.54) is 5.56 Å². The number of hydrogen-bond acceptors (Lipinski definition) is 2. The molecule has 1 aliphatic heterocycles. The quantitative estimate of drug-likeness (QED) is 0.863. The van der Waals surface area contributed by atoms with E-state index in [1.807, 2.05) is 23.1 Å². The van der Waals surface area contributed by atoms with Crippen molar-refractivity contribution in [2.75, 3.05) is 13.1 Å². The highest BCUT2D eigenvalue weighted by molar-refractivity contribution is 9.10. The van der Waals surface area contributed by atoms with Crippen molar-refractivity contribution in [3.8, 4) is 0 Å². The normalized spacial score (nSPS) is 24.8. The lowest BCUT2D eigenvalue weighted by Gasteiger charge is -2.36. The first-order valence-electron chi connectivity index (χ1n) is 5.85. The zero-order valence-electron chi connectivity index (χ0n) is 9.90. The van der Waals surface area contributed by atoms with Gasteiger partial charge in [-0.05, 0) is 18.1 Å². The Morgan fingerprint density at radius 3 is 2.76 bits per heavy atom. The summed E-state index contributed by atoms with van der Waals surface area (Å²) in [6.45, 7) is 3.06. The van der Waals surface area contributed by atoms with Crippen LogP contribution in [0.3, 0.4) is 0 Å². The lowest BCUT2D eigenvalue weighted by Crippen LogP contribution is -2.49. The molecule has 0 aliphatic carbocycles. The number of likely N-dealkylation sites (tertiary alicyclic amines) is 1. The molecule has 92 valence electrons. The first kappa shape index (κ1) is 12.6. The Bertz CT molecular complexity index is 422. The number of amides is 1. The van der Waals surface area contributed by atoms with Crippen molar-refractivity contribution in [1.29, 1.82) is 0 Å². The van der Waals surface area contributed by atoms with E-state index in [0.717, 1.165) is 17.4 Å². The van der Waals surface area contributed by atoms with E-state index in [9.17, 15) is 4.79 Å². The Balaban J connectivity index is 2.15. The number of nitrogens with zero attached hydrogens (tertiary/aromatic N) is 1. The number of hydrogen-bond donors (Lipinski definition) is 1. The third kappa shape index (κ3) is 2.69. The fraction of sp³-hybridized carbons (Fsp3) is 0.462.